The molecule has 0 aliphatic carbocycles. The number of nitrogens with two attached hydrogens (primary N) is 1. The van der Waals surface area contributed by atoms with Crippen molar-refractivity contribution in [2.24, 2.45) is 17.6 Å². The van der Waals surface area contributed by atoms with Gasteiger partial charge < -0.3 is 21.3 Å². The van der Waals surface area contributed by atoms with E-state index in [0.717, 1.165) is 34.9 Å². The fourth-order valence-electron chi connectivity index (χ4n) is 3.65. The Morgan fingerprint density at radius 3 is 1.44 bits per heavy atom. The maximum absolute atomic E-state index is 9.39. The molecule has 2 aromatic carbocycles. The summed E-state index contributed by atoms with van der Waals surface area (Å²) in [6, 6.07) is 14.9. The molecule has 0 fully saturated rings. The van der Waals surface area contributed by atoms with Crippen LogP contribution in [0.5, 0.6) is 0 Å². The molecule has 4 rings (SSSR count). The van der Waals surface area contributed by atoms with Crippen molar-refractivity contribution in [3.63, 3.8) is 0 Å². The average molecular weight is 596 g/mol. The Kier molecular flexibility index (Phi) is 14.1. The maximum Gasteiger partial charge on any atom is 0.172 e. The van der Waals surface area contributed by atoms with E-state index in [0.29, 0.717) is 22.8 Å². The molecule has 0 aliphatic heterocycles. The molecule has 0 saturated heterocycles. The van der Waals surface area contributed by atoms with Gasteiger partial charge in [0.15, 0.2) is 21.3 Å². The highest BCUT2D eigenvalue weighted by molar-refractivity contribution is 6.40. The Hall–Kier alpha value is -2.33. The molecule has 0 bridgehead atoms. The molecule has 5 N–H and O–H groups in total. The normalized spacial score (nSPS) is 12.5. The number of nitrogens with zero attached hydrogens (tertiary/aromatic N) is 4. The van der Waals surface area contributed by atoms with Crippen LogP contribution in [0.25, 0.3) is 22.1 Å². The van der Waals surface area contributed by atoms with Gasteiger partial charge in [-0.15, -0.1) is 0 Å². The summed E-state index contributed by atoms with van der Waals surface area (Å²) in [5.74, 6) is 1.61. The fraction of sp³-hybridized carbons (Fsp3) is 0.429. The zero-order chi connectivity index (χ0) is 28.9. The van der Waals surface area contributed by atoms with Gasteiger partial charge in [0, 0.05) is 6.04 Å². The summed E-state index contributed by atoms with van der Waals surface area (Å²) < 4.78 is 0. The van der Waals surface area contributed by atoms with Crippen LogP contribution in [0.3, 0.4) is 0 Å². The van der Waals surface area contributed by atoms with E-state index < -0.39 is 0 Å². The third-order valence-electron chi connectivity index (χ3n) is 5.34. The minimum absolute atomic E-state index is 0.0185. The number of hydrogen-bond acceptors (Lipinski definition) is 8. The molecule has 4 aromatic rings. The Labute approximate surface area is 245 Å². The van der Waals surface area contributed by atoms with E-state index in [1.165, 1.54) is 0 Å². The number of fused-ring (bicyclic) bond motifs is 2. The van der Waals surface area contributed by atoms with Gasteiger partial charge >= 0.3 is 0 Å². The maximum atomic E-state index is 9.39. The molecule has 8 nitrogen and oxygen atoms in total. The van der Waals surface area contributed by atoms with E-state index in [-0.39, 0.29) is 35.6 Å². The summed E-state index contributed by atoms with van der Waals surface area (Å²) in [5.41, 5.74) is 8.49. The summed E-state index contributed by atoms with van der Waals surface area (Å²) in [5, 5.41) is 21.8. The Bertz CT molecular complexity index is 1270. The molecule has 0 radical (unpaired) electrons. The van der Waals surface area contributed by atoms with Crippen molar-refractivity contribution in [3.8, 4) is 0 Å². The number of halogens is 3. The number of hydrogen-bond donors (Lipinski definition) is 4. The van der Waals surface area contributed by atoms with Gasteiger partial charge in [-0.3, -0.25) is 0 Å². The molecule has 0 spiro atoms. The van der Waals surface area contributed by atoms with Crippen molar-refractivity contribution < 1.29 is 10.2 Å². The monoisotopic (exact) mass is 594 g/mol. The predicted molar refractivity (Wildman–Crippen MR) is 163 cm³/mol. The summed E-state index contributed by atoms with van der Waals surface area (Å²) in [4.78, 5) is 16.8. The molecule has 2 atom stereocenters. The van der Waals surface area contributed by atoms with Crippen molar-refractivity contribution in [2.45, 2.75) is 52.6 Å². The first-order valence-corrected chi connectivity index (χ1v) is 13.9. The lowest BCUT2D eigenvalue weighted by atomic mass is 10.0. The highest BCUT2D eigenvalue weighted by Crippen LogP contribution is 2.23. The first kappa shape index (κ1) is 32.9. The molecule has 39 heavy (non-hydrogen) atoms. The quantitative estimate of drug-likeness (QED) is 0.184. The topological polar surface area (TPSA) is 130 Å². The van der Waals surface area contributed by atoms with E-state index in [1.54, 1.807) is 0 Å². The molecule has 2 unspecified atom stereocenters. The minimum atomic E-state index is -0.0621. The first-order chi connectivity index (χ1) is 18.5. The standard InChI is InChI=1S/C14H18ClN3O.C8H4Cl2N2.C6H15NO/c1-9(2)7-10(8-19)16-14-13(15)17-11-5-3-4-6-12(11)18-14;9-7-8(10)12-6-4-2-1-3-5(6)11-7;1-5(2)3-6(7)4-8/h3-6,9-10,19H,7-8H2,1-2H3,(H,16,18);1-4H;5-6,8H,3-4,7H2,1-2H3. The summed E-state index contributed by atoms with van der Waals surface area (Å²) >= 11 is 17.5. The van der Waals surface area contributed by atoms with Gasteiger partial charge in [0.2, 0.25) is 0 Å². The van der Waals surface area contributed by atoms with Crippen LogP contribution < -0.4 is 11.1 Å². The minimum Gasteiger partial charge on any atom is -0.395 e. The summed E-state index contributed by atoms with van der Waals surface area (Å²) in [6.07, 6.45) is 1.76. The zero-order valence-electron chi connectivity index (χ0n) is 22.7. The molecule has 212 valence electrons. The number of benzene rings is 2. The second-order valence-electron chi connectivity index (χ2n) is 9.87. The van der Waals surface area contributed by atoms with Crippen LogP contribution in [-0.4, -0.2) is 55.4 Å². The molecule has 0 aliphatic rings. The van der Waals surface area contributed by atoms with Gasteiger partial charge in [-0.25, -0.2) is 19.9 Å². The van der Waals surface area contributed by atoms with Crippen LogP contribution in [0.15, 0.2) is 48.5 Å². The number of aliphatic hydroxyl groups is 2. The van der Waals surface area contributed by atoms with Crippen molar-refractivity contribution in [3.05, 3.63) is 64.0 Å². The molecular weight excluding hydrogens is 559 g/mol. The second-order valence-corrected chi connectivity index (χ2v) is 10.9. The Balaban J connectivity index is 0.000000228. The average Bonchev–Trinajstić information content (AvgIpc) is 2.89. The van der Waals surface area contributed by atoms with Crippen molar-refractivity contribution >= 4 is 62.7 Å². The number of aromatic nitrogens is 4. The van der Waals surface area contributed by atoms with Crippen LogP contribution in [0, 0.1) is 11.8 Å². The fourth-order valence-corrected chi connectivity index (χ4v) is 4.10. The van der Waals surface area contributed by atoms with Gasteiger partial charge in [0.05, 0.1) is 41.3 Å². The lowest BCUT2D eigenvalue weighted by Crippen LogP contribution is -2.26. The van der Waals surface area contributed by atoms with Gasteiger partial charge in [0.1, 0.15) is 0 Å². The van der Waals surface area contributed by atoms with E-state index in [2.05, 4.69) is 52.9 Å². The molecule has 2 aromatic heterocycles. The van der Waals surface area contributed by atoms with Gasteiger partial charge in [0.25, 0.3) is 0 Å². The molecule has 0 saturated carbocycles. The summed E-state index contributed by atoms with van der Waals surface area (Å²) in [6.45, 7) is 8.56. The van der Waals surface area contributed by atoms with Crippen molar-refractivity contribution in [1.82, 2.24) is 19.9 Å². The summed E-state index contributed by atoms with van der Waals surface area (Å²) in [7, 11) is 0. The van der Waals surface area contributed by atoms with Crippen molar-refractivity contribution in [1.29, 1.82) is 0 Å². The third kappa shape index (κ3) is 11.4. The molecule has 2 heterocycles. The van der Waals surface area contributed by atoms with E-state index >= 15 is 0 Å². The highest BCUT2D eigenvalue weighted by Gasteiger charge is 2.14. The van der Waals surface area contributed by atoms with Crippen LogP contribution >= 0.6 is 34.8 Å². The Morgan fingerprint density at radius 1 is 0.667 bits per heavy atom. The van der Waals surface area contributed by atoms with Crippen molar-refractivity contribution in [2.75, 3.05) is 18.5 Å². The third-order valence-corrected chi connectivity index (χ3v) is 6.23. The lowest BCUT2D eigenvalue weighted by molar-refractivity contribution is 0.250. The Morgan fingerprint density at radius 2 is 1.08 bits per heavy atom. The SMILES string of the molecule is CC(C)CC(CO)Nc1nc2ccccc2nc1Cl.CC(C)CC(N)CO.Clc1nc2ccccc2nc1Cl. The van der Waals surface area contributed by atoms with Crippen LogP contribution in [0.1, 0.15) is 40.5 Å². The largest absolute Gasteiger partial charge is 0.395 e. The lowest BCUT2D eigenvalue weighted by Gasteiger charge is -2.19. The number of para-hydroxylation sites is 4. The van der Waals surface area contributed by atoms with E-state index in [4.69, 9.17) is 45.6 Å². The van der Waals surface area contributed by atoms with Crippen LogP contribution in [0.4, 0.5) is 5.82 Å². The molecule has 0 amide bonds. The van der Waals surface area contributed by atoms with E-state index in [1.807, 2.05) is 48.5 Å². The number of rotatable bonds is 8. The van der Waals surface area contributed by atoms with Gasteiger partial charge in [-0.05, 0) is 48.9 Å². The highest BCUT2D eigenvalue weighted by atomic mass is 35.5. The van der Waals surface area contributed by atoms with Gasteiger partial charge in [-0.2, -0.15) is 0 Å². The zero-order valence-corrected chi connectivity index (χ0v) is 24.9. The number of nitrogens with one attached hydrogen (secondary N) is 1. The molecular formula is C28H37Cl3N6O2. The van der Waals surface area contributed by atoms with Crippen LogP contribution in [0.2, 0.25) is 15.5 Å². The van der Waals surface area contributed by atoms with Gasteiger partial charge in [-0.1, -0.05) is 86.8 Å². The smallest absolute Gasteiger partial charge is 0.172 e. The predicted octanol–water partition coefficient (Wildman–Crippen LogP) is 6.39. The molecule has 11 heteroatoms. The number of anilines is 1. The first-order valence-electron chi connectivity index (χ1n) is 12.8. The van der Waals surface area contributed by atoms with E-state index in [9.17, 15) is 5.11 Å². The van der Waals surface area contributed by atoms with Crippen LogP contribution in [-0.2, 0) is 0 Å². The number of aliphatic hydroxyl groups excluding tert-OH is 2. The second kappa shape index (κ2) is 16.7.